The van der Waals surface area contributed by atoms with Gasteiger partial charge in [0.1, 0.15) is 0 Å². The van der Waals surface area contributed by atoms with Gasteiger partial charge in [-0.15, -0.1) is 0 Å². The van der Waals surface area contributed by atoms with Gasteiger partial charge in [0.15, 0.2) is 5.58 Å². The second-order valence-corrected chi connectivity index (χ2v) is 6.62. The molecule has 3 aromatic rings. The Morgan fingerprint density at radius 2 is 1.92 bits per heavy atom. The zero-order valence-corrected chi connectivity index (χ0v) is 13.7. The van der Waals surface area contributed by atoms with Crippen molar-refractivity contribution in [2.45, 2.75) is 18.9 Å². The normalized spacial score (nSPS) is 23.2. The molecular formula is C18H18FN5O. The molecule has 0 amide bonds. The van der Waals surface area contributed by atoms with E-state index in [9.17, 15) is 4.39 Å². The zero-order chi connectivity index (χ0) is 16.8. The molecule has 3 aliphatic rings. The Bertz CT molecular complexity index is 919. The topological polar surface area (TPSA) is 58.3 Å². The van der Waals surface area contributed by atoms with Crippen LogP contribution in [0.15, 0.2) is 34.9 Å². The smallest absolute Gasteiger partial charge is 0.300 e. The highest BCUT2D eigenvalue weighted by Crippen LogP contribution is 2.30. The average Bonchev–Trinajstić information content (AvgIpc) is 2.82. The molecule has 0 atom stereocenters. The van der Waals surface area contributed by atoms with Gasteiger partial charge in [-0.1, -0.05) is 0 Å². The van der Waals surface area contributed by atoms with E-state index >= 15 is 0 Å². The molecule has 2 bridgehead atoms. The molecule has 6 nitrogen and oxygen atoms in total. The summed E-state index contributed by atoms with van der Waals surface area (Å²) in [5.74, 6) is -0.531. The second-order valence-electron chi connectivity index (χ2n) is 6.62. The minimum absolute atomic E-state index is 0.371. The third kappa shape index (κ3) is 2.55. The van der Waals surface area contributed by atoms with Gasteiger partial charge in [0.2, 0.25) is 11.6 Å². The van der Waals surface area contributed by atoms with E-state index in [1.54, 1.807) is 24.3 Å². The van der Waals surface area contributed by atoms with Crippen LogP contribution in [0.1, 0.15) is 12.8 Å². The predicted molar refractivity (Wildman–Crippen MR) is 91.8 cm³/mol. The third-order valence-electron chi connectivity index (χ3n) is 5.18. The number of hydrogen-bond acceptors (Lipinski definition) is 6. The molecule has 0 N–H and O–H groups in total. The maximum absolute atomic E-state index is 13.9. The molecule has 3 aromatic heterocycles. The quantitative estimate of drug-likeness (QED) is 0.669. The van der Waals surface area contributed by atoms with E-state index in [0.717, 1.165) is 39.0 Å². The summed E-state index contributed by atoms with van der Waals surface area (Å²) in [6.07, 6.45) is 3.70. The first kappa shape index (κ1) is 14.8. The maximum Gasteiger partial charge on any atom is 0.300 e. The number of aromatic nitrogens is 3. The molecule has 6 heterocycles. The van der Waals surface area contributed by atoms with Gasteiger partial charge in [-0.2, -0.15) is 9.37 Å². The van der Waals surface area contributed by atoms with Crippen LogP contribution in [0.5, 0.6) is 0 Å². The molecule has 3 saturated heterocycles. The molecule has 0 aromatic carbocycles. The van der Waals surface area contributed by atoms with Crippen LogP contribution in [0.4, 0.5) is 10.4 Å². The van der Waals surface area contributed by atoms with Gasteiger partial charge in [0.25, 0.3) is 6.01 Å². The maximum atomic E-state index is 13.9. The van der Waals surface area contributed by atoms with E-state index in [1.807, 2.05) is 0 Å². The van der Waals surface area contributed by atoms with Crippen molar-refractivity contribution in [2.24, 2.45) is 0 Å². The molecule has 0 radical (unpaired) electrons. The van der Waals surface area contributed by atoms with E-state index < -0.39 is 5.95 Å². The highest BCUT2D eigenvalue weighted by Gasteiger charge is 2.31. The molecule has 0 spiro atoms. The monoisotopic (exact) mass is 339 g/mol. The van der Waals surface area contributed by atoms with E-state index in [2.05, 4.69) is 24.8 Å². The molecule has 6 rings (SSSR count). The van der Waals surface area contributed by atoms with Crippen molar-refractivity contribution < 1.29 is 8.81 Å². The number of rotatable bonds is 2. The van der Waals surface area contributed by atoms with Gasteiger partial charge in [0, 0.05) is 38.4 Å². The zero-order valence-electron chi connectivity index (χ0n) is 13.7. The number of fused-ring (bicyclic) bond motifs is 5. The minimum atomic E-state index is -0.531. The summed E-state index contributed by atoms with van der Waals surface area (Å²) >= 11 is 0. The Morgan fingerprint density at radius 1 is 1.04 bits per heavy atom. The molecule has 3 aliphatic heterocycles. The number of halogens is 1. The molecule has 7 heteroatoms. The molecule has 3 fully saturated rings. The van der Waals surface area contributed by atoms with E-state index in [-0.39, 0.29) is 0 Å². The SMILES string of the molecule is Fc1ncccc1-c1ccc2oc(N3CCN4CCC3CC4)nc2n1. The van der Waals surface area contributed by atoms with Gasteiger partial charge in [-0.3, -0.25) is 0 Å². The van der Waals surface area contributed by atoms with Crippen LogP contribution >= 0.6 is 0 Å². The lowest BCUT2D eigenvalue weighted by Crippen LogP contribution is -2.38. The standard InChI is InChI=1S/C18H18FN5O/c19-16-13(2-1-7-20-16)14-3-4-15-17(21-14)22-18(25-15)24-11-10-23-8-5-12(24)6-9-23/h1-4,7,12H,5-6,8-11H2. The molecule has 0 aliphatic carbocycles. The van der Waals surface area contributed by atoms with Crippen LogP contribution in [0.25, 0.3) is 22.5 Å². The fourth-order valence-electron chi connectivity index (χ4n) is 3.80. The summed E-state index contributed by atoms with van der Waals surface area (Å²) in [5, 5.41) is 0. The summed E-state index contributed by atoms with van der Waals surface area (Å²) in [5.41, 5.74) is 2.02. The highest BCUT2D eigenvalue weighted by molar-refractivity contribution is 5.75. The summed E-state index contributed by atoms with van der Waals surface area (Å²) < 4.78 is 19.9. The summed E-state index contributed by atoms with van der Waals surface area (Å²) in [7, 11) is 0. The summed E-state index contributed by atoms with van der Waals surface area (Å²) in [4.78, 5) is 17.5. The number of anilines is 1. The van der Waals surface area contributed by atoms with Crippen molar-refractivity contribution in [3.8, 4) is 11.3 Å². The fourth-order valence-corrected chi connectivity index (χ4v) is 3.80. The van der Waals surface area contributed by atoms with Crippen LogP contribution in [-0.4, -0.2) is 52.1 Å². The van der Waals surface area contributed by atoms with Crippen molar-refractivity contribution in [1.82, 2.24) is 19.9 Å². The summed E-state index contributed by atoms with van der Waals surface area (Å²) in [6.45, 7) is 4.24. The average molecular weight is 339 g/mol. The second kappa shape index (κ2) is 5.77. The Labute approximate surface area is 144 Å². The van der Waals surface area contributed by atoms with Gasteiger partial charge in [0.05, 0.1) is 11.3 Å². The Kier molecular flexibility index (Phi) is 3.41. The van der Waals surface area contributed by atoms with Crippen LogP contribution in [0, 0.1) is 5.95 Å². The fraction of sp³-hybridized carbons (Fsp3) is 0.389. The van der Waals surface area contributed by atoms with E-state index in [4.69, 9.17) is 4.42 Å². The highest BCUT2D eigenvalue weighted by atomic mass is 19.1. The van der Waals surface area contributed by atoms with Gasteiger partial charge in [-0.05, 0) is 37.1 Å². The lowest BCUT2D eigenvalue weighted by atomic mass is 10.1. The van der Waals surface area contributed by atoms with Crippen molar-refractivity contribution in [3.05, 3.63) is 36.4 Å². The Hall–Kier alpha value is -2.54. The van der Waals surface area contributed by atoms with Gasteiger partial charge in [-0.25, -0.2) is 9.97 Å². The van der Waals surface area contributed by atoms with E-state index in [0.29, 0.717) is 34.5 Å². The van der Waals surface area contributed by atoms with E-state index in [1.165, 1.54) is 6.20 Å². The number of nitrogens with zero attached hydrogens (tertiary/aromatic N) is 5. The third-order valence-corrected chi connectivity index (χ3v) is 5.18. The lowest BCUT2D eigenvalue weighted by Gasteiger charge is -2.30. The van der Waals surface area contributed by atoms with Gasteiger partial charge >= 0.3 is 0 Å². The van der Waals surface area contributed by atoms with Crippen molar-refractivity contribution in [3.63, 3.8) is 0 Å². The molecule has 128 valence electrons. The predicted octanol–water partition coefficient (Wildman–Crippen LogP) is 2.71. The van der Waals surface area contributed by atoms with Crippen LogP contribution in [0.2, 0.25) is 0 Å². The largest absolute Gasteiger partial charge is 0.422 e. The van der Waals surface area contributed by atoms with Gasteiger partial charge < -0.3 is 14.2 Å². The number of piperidine rings is 1. The first-order valence-corrected chi connectivity index (χ1v) is 8.65. The van der Waals surface area contributed by atoms with Crippen molar-refractivity contribution >= 4 is 17.2 Å². The Balaban J connectivity index is 1.53. The first-order valence-electron chi connectivity index (χ1n) is 8.65. The molecule has 25 heavy (non-hydrogen) atoms. The molecule has 0 saturated carbocycles. The van der Waals surface area contributed by atoms with Crippen LogP contribution < -0.4 is 4.90 Å². The summed E-state index contributed by atoms with van der Waals surface area (Å²) in [6, 6.07) is 8.01. The molecule has 0 unspecified atom stereocenters. The number of pyridine rings is 2. The molecular weight excluding hydrogens is 321 g/mol. The Morgan fingerprint density at radius 3 is 2.76 bits per heavy atom. The minimum Gasteiger partial charge on any atom is -0.422 e. The number of oxazole rings is 1. The van der Waals surface area contributed by atoms with Crippen molar-refractivity contribution in [2.75, 3.05) is 31.1 Å². The first-order chi connectivity index (χ1) is 12.3. The lowest BCUT2D eigenvalue weighted by molar-refractivity contribution is 0.249. The number of hydrogen-bond donors (Lipinski definition) is 0. The van der Waals surface area contributed by atoms with Crippen LogP contribution in [0.3, 0.4) is 0 Å². The van der Waals surface area contributed by atoms with Crippen molar-refractivity contribution in [1.29, 1.82) is 0 Å². The van der Waals surface area contributed by atoms with Crippen LogP contribution in [-0.2, 0) is 0 Å².